The molecule has 19 heavy (non-hydrogen) atoms. The lowest BCUT2D eigenvalue weighted by atomic mass is 9.89. The molecule has 1 fully saturated rings. The van der Waals surface area contributed by atoms with Crippen molar-refractivity contribution in [3.63, 3.8) is 0 Å². The zero-order valence-electron chi connectivity index (χ0n) is 11.9. The lowest BCUT2D eigenvalue weighted by Crippen LogP contribution is -2.31. The summed E-state index contributed by atoms with van der Waals surface area (Å²) >= 11 is 0. The van der Waals surface area contributed by atoms with Crippen LogP contribution in [0.3, 0.4) is 0 Å². The summed E-state index contributed by atoms with van der Waals surface area (Å²) in [5.74, 6) is 0.713. The number of rotatable bonds is 6. The smallest absolute Gasteiger partial charge is 0.123 e. The van der Waals surface area contributed by atoms with Crippen LogP contribution in [0.25, 0.3) is 0 Å². The van der Waals surface area contributed by atoms with E-state index in [1.54, 1.807) is 12.1 Å². The van der Waals surface area contributed by atoms with Gasteiger partial charge in [-0.2, -0.15) is 0 Å². The first-order valence-corrected chi connectivity index (χ1v) is 7.42. The second-order valence-corrected chi connectivity index (χ2v) is 5.70. The molecule has 0 radical (unpaired) electrons. The standard InChI is InChI=1S/C16H25FN2/c1-19(13-14-5-3-2-4-6-14)12-11-18-16-9-7-15(17)8-10-16/h7-10,14,18H,2-6,11-13H2,1H3. The van der Waals surface area contributed by atoms with Crippen LogP contribution in [0.5, 0.6) is 0 Å². The molecule has 1 saturated carbocycles. The van der Waals surface area contributed by atoms with Crippen LogP contribution in [0, 0.1) is 11.7 Å². The van der Waals surface area contributed by atoms with Gasteiger partial charge in [-0.05, 0) is 50.1 Å². The Labute approximate surface area is 116 Å². The number of anilines is 1. The maximum Gasteiger partial charge on any atom is 0.123 e. The highest BCUT2D eigenvalue weighted by molar-refractivity contribution is 5.42. The van der Waals surface area contributed by atoms with Crippen molar-refractivity contribution in [2.45, 2.75) is 32.1 Å². The third kappa shape index (κ3) is 5.19. The van der Waals surface area contributed by atoms with Crippen molar-refractivity contribution in [1.29, 1.82) is 0 Å². The molecule has 1 N–H and O–H groups in total. The predicted molar refractivity (Wildman–Crippen MR) is 79.0 cm³/mol. The van der Waals surface area contributed by atoms with Gasteiger partial charge in [0, 0.05) is 25.3 Å². The Kier molecular flexibility index (Phi) is 5.64. The maximum absolute atomic E-state index is 12.8. The Balaban J connectivity index is 1.63. The number of hydrogen-bond donors (Lipinski definition) is 1. The Hall–Kier alpha value is -1.09. The molecule has 0 amide bonds. The first kappa shape index (κ1) is 14.3. The molecular weight excluding hydrogens is 239 g/mol. The van der Waals surface area contributed by atoms with E-state index in [0.717, 1.165) is 24.7 Å². The highest BCUT2D eigenvalue weighted by atomic mass is 19.1. The number of nitrogens with one attached hydrogen (secondary N) is 1. The minimum absolute atomic E-state index is 0.181. The minimum atomic E-state index is -0.181. The second-order valence-electron chi connectivity index (χ2n) is 5.70. The van der Waals surface area contributed by atoms with Crippen molar-refractivity contribution in [3.05, 3.63) is 30.1 Å². The van der Waals surface area contributed by atoms with Crippen molar-refractivity contribution in [2.24, 2.45) is 5.92 Å². The monoisotopic (exact) mass is 264 g/mol. The molecule has 3 heteroatoms. The molecule has 0 aromatic heterocycles. The quantitative estimate of drug-likeness (QED) is 0.842. The average molecular weight is 264 g/mol. The molecule has 1 aliphatic carbocycles. The fourth-order valence-corrected chi connectivity index (χ4v) is 2.86. The Bertz CT molecular complexity index is 358. The highest BCUT2D eigenvalue weighted by Crippen LogP contribution is 2.23. The van der Waals surface area contributed by atoms with E-state index in [-0.39, 0.29) is 5.82 Å². The van der Waals surface area contributed by atoms with E-state index in [2.05, 4.69) is 17.3 Å². The molecule has 106 valence electrons. The van der Waals surface area contributed by atoms with Gasteiger partial charge in [0.15, 0.2) is 0 Å². The van der Waals surface area contributed by atoms with Gasteiger partial charge in [-0.1, -0.05) is 19.3 Å². The summed E-state index contributed by atoms with van der Waals surface area (Å²) in [5.41, 5.74) is 0.993. The van der Waals surface area contributed by atoms with E-state index in [4.69, 9.17) is 0 Å². The highest BCUT2D eigenvalue weighted by Gasteiger charge is 2.14. The SMILES string of the molecule is CN(CCNc1ccc(F)cc1)CC1CCCCC1. The van der Waals surface area contributed by atoms with E-state index in [1.165, 1.54) is 50.8 Å². The van der Waals surface area contributed by atoms with E-state index in [1.807, 2.05) is 0 Å². The number of likely N-dealkylation sites (N-methyl/N-ethyl adjacent to an activating group) is 1. The molecule has 2 rings (SSSR count). The molecule has 0 atom stereocenters. The summed E-state index contributed by atoms with van der Waals surface area (Å²) in [6.07, 6.45) is 7.04. The molecule has 1 aliphatic rings. The van der Waals surface area contributed by atoms with Crippen LogP contribution in [-0.2, 0) is 0 Å². The maximum atomic E-state index is 12.8. The first-order chi connectivity index (χ1) is 9.24. The van der Waals surface area contributed by atoms with Gasteiger partial charge in [0.05, 0.1) is 0 Å². The van der Waals surface area contributed by atoms with Gasteiger partial charge in [-0.25, -0.2) is 4.39 Å². The van der Waals surface area contributed by atoms with Crippen LogP contribution >= 0.6 is 0 Å². The van der Waals surface area contributed by atoms with Crippen molar-refractivity contribution in [1.82, 2.24) is 4.90 Å². The van der Waals surface area contributed by atoms with Gasteiger partial charge in [0.1, 0.15) is 5.82 Å². The average Bonchev–Trinajstić information content (AvgIpc) is 2.42. The molecule has 2 nitrogen and oxygen atoms in total. The molecule has 0 unspecified atom stereocenters. The van der Waals surface area contributed by atoms with Gasteiger partial charge in [-0.3, -0.25) is 0 Å². The number of halogens is 1. The summed E-state index contributed by atoms with van der Waals surface area (Å²) < 4.78 is 12.8. The van der Waals surface area contributed by atoms with Gasteiger partial charge >= 0.3 is 0 Å². The molecule has 1 aromatic rings. The Morgan fingerprint density at radius 3 is 2.53 bits per heavy atom. The predicted octanol–water partition coefficient (Wildman–Crippen LogP) is 3.75. The van der Waals surface area contributed by atoms with Gasteiger partial charge < -0.3 is 10.2 Å². The van der Waals surface area contributed by atoms with Crippen LogP contribution in [0.1, 0.15) is 32.1 Å². The Morgan fingerprint density at radius 2 is 1.84 bits per heavy atom. The van der Waals surface area contributed by atoms with E-state index in [0.29, 0.717) is 0 Å². The fraction of sp³-hybridized carbons (Fsp3) is 0.625. The van der Waals surface area contributed by atoms with Crippen molar-refractivity contribution in [3.8, 4) is 0 Å². The summed E-state index contributed by atoms with van der Waals surface area (Å²) in [4.78, 5) is 2.41. The third-order valence-electron chi connectivity index (χ3n) is 3.96. The summed E-state index contributed by atoms with van der Waals surface area (Å²) in [6.45, 7) is 3.16. The van der Waals surface area contributed by atoms with Crippen LogP contribution in [0.4, 0.5) is 10.1 Å². The summed E-state index contributed by atoms with van der Waals surface area (Å²) in [5, 5.41) is 3.33. The second kappa shape index (κ2) is 7.49. The minimum Gasteiger partial charge on any atom is -0.384 e. The zero-order valence-corrected chi connectivity index (χ0v) is 11.9. The van der Waals surface area contributed by atoms with Gasteiger partial charge in [0.2, 0.25) is 0 Å². The van der Waals surface area contributed by atoms with Crippen LogP contribution in [0.15, 0.2) is 24.3 Å². The molecule has 0 saturated heterocycles. The Morgan fingerprint density at radius 1 is 1.16 bits per heavy atom. The van der Waals surface area contributed by atoms with Crippen molar-refractivity contribution in [2.75, 3.05) is 32.0 Å². The topological polar surface area (TPSA) is 15.3 Å². The molecular formula is C16H25FN2. The van der Waals surface area contributed by atoms with Crippen molar-refractivity contribution >= 4 is 5.69 Å². The molecule has 1 aromatic carbocycles. The van der Waals surface area contributed by atoms with Crippen LogP contribution in [0.2, 0.25) is 0 Å². The normalized spacial score (nSPS) is 16.8. The van der Waals surface area contributed by atoms with E-state index >= 15 is 0 Å². The van der Waals surface area contributed by atoms with Crippen LogP contribution in [-0.4, -0.2) is 31.6 Å². The number of hydrogen-bond acceptors (Lipinski definition) is 2. The summed E-state index contributed by atoms with van der Waals surface area (Å²) in [7, 11) is 2.20. The van der Waals surface area contributed by atoms with Gasteiger partial charge in [0.25, 0.3) is 0 Å². The lowest BCUT2D eigenvalue weighted by molar-refractivity contribution is 0.239. The largest absolute Gasteiger partial charge is 0.384 e. The first-order valence-electron chi connectivity index (χ1n) is 7.42. The lowest BCUT2D eigenvalue weighted by Gasteiger charge is -2.27. The third-order valence-corrected chi connectivity index (χ3v) is 3.96. The van der Waals surface area contributed by atoms with E-state index < -0.39 is 0 Å². The fourth-order valence-electron chi connectivity index (χ4n) is 2.86. The van der Waals surface area contributed by atoms with E-state index in [9.17, 15) is 4.39 Å². The van der Waals surface area contributed by atoms with Gasteiger partial charge in [-0.15, -0.1) is 0 Å². The zero-order chi connectivity index (χ0) is 13.5. The molecule has 0 heterocycles. The molecule has 0 aliphatic heterocycles. The van der Waals surface area contributed by atoms with Crippen molar-refractivity contribution < 1.29 is 4.39 Å². The number of nitrogens with zero attached hydrogens (tertiary/aromatic N) is 1. The molecule has 0 bridgehead atoms. The van der Waals surface area contributed by atoms with Crippen LogP contribution < -0.4 is 5.32 Å². The number of benzene rings is 1. The summed E-state index contributed by atoms with van der Waals surface area (Å²) in [6, 6.07) is 6.56. The molecule has 0 spiro atoms.